The Morgan fingerprint density at radius 3 is 2.63 bits per heavy atom. The van der Waals surface area contributed by atoms with Gasteiger partial charge in [0.15, 0.2) is 6.61 Å². The Morgan fingerprint density at radius 2 is 1.85 bits per heavy atom. The zero-order chi connectivity index (χ0) is 19.4. The van der Waals surface area contributed by atoms with Crippen LogP contribution in [0.4, 0.5) is 4.39 Å². The molecule has 0 bridgehead atoms. The van der Waals surface area contributed by atoms with Gasteiger partial charge in [0.1, 0.15) is 11.0 Å². The first kappa shape index (κ1) is 18.8. The first-order valence-electron chi connectivity index (χ1n) is 8.15. The highest BCUT2D eigenvalue weighted by Crippen LogP contribution is 2.21. The first-order valence-corrected chi connectivity index (χ1v) is 8.53. The normalized spacial score (nSPS) is 10.6. The van der Waals surface area contributed by atoms with Crippen LogP contribution in [0.15, 0.2) is 54.6 Å². The molecule has 3 rings (SSSR count). The molecule has 2 aromatic carbocycles. The summed E-state index contributed by atoms with van der Waals surface area (Å²) in [6, 6.07) is 14.6. The fraction of sp³-hybridized carbons (Fsp3) is 0.150. The van der Waals surface area contributed by atoms with Crippen LogP contribution in [0.3, 0.4) is 0 Å². The molecule has 0 atom stereocenters. The van der Waals surface area contributed by atoms with Crippen molar-refractivity contribution in [3.05, 3.63) is 76.7 Å². The minimum absolute atomic E-state index is 0.0765. The van der Waals surface area contributed by atoms with Crippen molar-refractivity contribution in [1.82, 2.24) is 9.88 Å². The zero-order valence-electron chi connectivity index (χ0n) is 14.5. The second-order valence-electron chi connectivity index (χ2n) is 5.93. The fourth-order valence-corrected chi connectivity index (χ4v) is 2.80. The third-order valence-corrected chi connectivity index (χ3v) is 4.22. The van der Waals surface area contributed by atoms with E-state index in [0.717, 1.165) is 0 Å². The van der Waals surface area contributed by atoms with E-state index in [1.54, 1.807) is 42.5 Å². The topological polar surface area (TPSA) is 59.5 Å². The lowest BCUT2D eigenvalue weighted by Gasteiger charge is -2.17. The minimum Gasteiger partial charge on any atom is -0.452 e. The van der Waals surface area contributed by atoms with Crippen molar-refractivity contribution in [2.45, 2.75) is 6.54 Å². The number of hydrogen-bond donors (Lipinski definition) is 0. The highest BCUT2D eigenvalue weighted by Gasteiger charge is 2.17. The van der Waals surface area contributed by atoms with Gasteiger partial charge >= 0.3 is 5.97 Å². The molecular formula is C20H16ClFN2O3. The van der Waals surface area contributed by atoms with Gasteiger partial charge in [-0.25, -0.2) is 14.2 Å². The highest BCUT2D eigenvalue weighted by atomic mass is 35.5. The maximum atomic E-state index is 13.7. The molecule has 0 fully saturated rings. The summed E-state index contributed by atoms with van der Waals surface area (Å²) in [4.78, 5) is 30.1. The van der Waals surface area contributed by atoms with Crippen LogP contribution in [0, 0.1) is 5.82 Å². The van der Waals surface area contributed by atoms with Gasteiger partial charge < -0.3 is 9.64 Å². The number of carbonyl (C=O) groups excluding carboxylic acids is 2. The van der Waals surface area contributed by atoms with Crippen LogP contribution in [0.2, 0.25) is 5.15 Å². The molecule has 0 N–H and O–H groups in total. The van der Waals surface area contributed by atoms with Gasteiger partial charge in [0.25, 0.3) is 5.91 Å². The molecule has 0 saturated heterocycles. The third kappa shape index (κ3) is 4.41. The Kier molecular flexibility index (Phi) is 5.66. The number of halogens is 2. The Hall–Kier alpha value is -2.99. The Balaban J connectivity index is 1.67. The third-order valence-electron chi connectivity index (χ3n) is 4.02. The Labute approximate surface area is 160 Å². The molecule has 1 heterocycles. The predicted molar refractivity (Wildman–Crippen MR) is 99.9 cm³/mol. The Bertz CT molecular complexity index is 1010. The Morgan fingerprint density at radius 1 is 1.15 bits per heavy atom. The molecule has 1 amide bonds. The molecule has 27 heavy (non-hydrogen) atoms. The number of nitrogens with zero attached hydrogens (tertiary/aromatic N) is 2. The molecule has 0 unspecified atom stereocenters. The van der Waals surface area contributed by atoms with Crippen molar-refractivity contribution in [3.8, 4) is 0 Å². The lowest BCUT2D eigenvalue weighted by molar-refractivity contribution is -0.133. The van der Waals surface area contributed by atoms with E-state index in [-0.39, 0.29) is 17.3 Å². The number of benzene rings is 2. The van der Waals surface area contributed by atoms with E-state index in [9.17, 15) is 14.0 Å². The second-order valence-corrected chi connectivity index (χ2v) is 6.31. The second kappa shape index (κ2) is 8.14. The van der Waals surface area contributed by atoms with Gasteiger partial charge in [0, 0.05) is 24.5 Å². The number of ether oxygens (including phenoxy) is 1. The predicted octanol–water partition coefficient (Wildman–Crippen LogP) is 3.84. The molecule has 0 spiro atoms. The molecule has 138 valence electrons. The summed E-state index contributed by atoms with van der Waals surface area (Å²) in [5.41, 5.74) is 1.17. The number of carbonyl (C=O) groups is 2. The number of pyridine rings is 1. The smallest absolute Gasteiger partial charge is 0.339 e. The van der Waals surface area contributed by atoms with Crippen LogP contribution in [0.1, 0.15) is 15.9 Å². The van der Waals surface area contributed by atoms with Crippen LogP contribution in [-0.4, -0.2) is 35.4 Å². The average molecular weight is 387 g/mol. The maximum absolute atomic E-state index is 13.7. The van der Waals surface area contributed by atoms with Gasteiger partial charge in [-0.15, -0.1) is 0 Å². The highest BCUT2D eigenvalue weighted by molar-refractivity contribution is 6.30. The quantitative estimate of drug-likeness (QED) is 0.493. The van der Waals surface area contributed by atoms with E-state index in [1.165, 1.54) is 24.1 Å². The number of amides is 1. The number of fused-ring (bicyclic) bond motifs is 1. The van der Waals surface area contributed by atoms with E-state index in [1.807, 2.05) is 0 Å². The van der Waals surface area contributed by atoms with Crippen LogP contribution in [0.25, 0.3) is 10.9 Å². The molecular weight excluding hydrogens is 371 g/mol. The molecule has 1 aromatic heterocycles. The largest absolute Gasteiger partial charge is 0.452 e. The summed E-state index contributed by atoms with van der Waals surface area (Å²) >= 11 is 5.96. The summed E-state index contributed by atoms with van der Waals surface area (Å²) in [6.07, 6.45) is 0. The summed E-state index contributed by atoms with van der Waals surface area (Å²) in [5.74, 6) is -1.52. The number of aromatic nitrogens is 1. The number of rotatable bonds is 5. The SMILES string of the molecule is CN(Cc1ccccc1F)C(=O)COC(=O)c1cc(Cl)nc2ccccc12. The van der Waals surface area contributed by atoms with E-state index >= 15 is 0 Å². The molecule has 5 nitrogen and oxygen atoms in total. The van der Waals surface area contributed by atoms with Gasteiger partial charge in [0.05, 0.1) is 11.1 Å². The number of esters is 1. The lowest BCUT2D eigenvalue weighted by Crippen LogP contribution is -2.31. The molecule has 7 heteroatoms. The van der Waals surface area contributed by atoms with Crippen molar-refractivity contribution in [2.75, 3.05) is 13.7 Å². The summed E-state index contributed by atoms with van der Waals surface area (Å²) in [7, 11) is 1.52. The standard InChI is InChI=1S/C20H16ClFN2O3/c1-24(11-13-6-2-4-8-16(13)22)19(25)12-27-20(26)15-10-18(21)23-17-9-5-3-7-14(15)17/h2-10H,11-12H2,1H3. The van der Waals surface area contributed by atoms with Crippen LogP contribution >= 0.6 is 11.6 Å². The molecule has 0 radical (unpaired) electrons. The van der Waals surface area contributed by atoms with Gasteiger partial charge in [-0.1, -0.05) is 48.0 Å². The van der Waals surface area contributed by atoms with Crippen molar-refractivity contribution < 1.29 is 18.7 Å². The molecule has 3 aromatic rings. The van der Waals surface area contributed by atoms with E-state index in [0.29, 0.717) is 16.5 Å². The van der Waals surface area contributed by atoms with E-state index in [2.05, 4.69) is 4.98 Å². The van der Waals surface area contributed by atoms with Crippen LogP contribution in [-0.2, 0) is 16.1 Å². The number of likely N-dealkylation sites (N-methyl/N-ethyl adjacent to an activating group) is 1. The van der Waals surface area contributed by atoms with E-state index < -0.39 is 24.3 Å². The zero-order valence-corrected chi connectivity index (χ0v) is 15.2. The molecule has 0 aliphatic rings. The summed E-state index contributed by atoms with van der Waals surface area (Å²) < 4.78 is 18.8. The first-order chi connectivity index (χ1) is 13.0. The summed E-state index contributed by atoms with van der Waals surface area (Å²) in [6.45, 7) is -0.384. The van der Waals surface area contributed by atoms with Crippen LogP contribution < -0.4 is 0 Å². The number of para-hydroxylation sites is 1. The van der Waals surface area contributed by atoms with Gasteiger partial charge in [-0.2, -0.15) is 0 Å². The van der Waals surface area contributed by atoms with Crippen molar-refractivity contribution in [2.24, 2.45) is 0 Å². The molecule has 0 aliphatic carbocycles. The summed E-state index contributed by atoms with van der Waals surface area (Å²) in [5, 5.41) is 0.739. The maximum Gasteiger partial charge on any atom is 0.339 e. The molecule has 0 aliphatic heterocycles. The number of hydrogen-bond acceptors (Lipinski definition) is 4. The fourth-order valence-electron chi connectivity index (χ4n) is 2.60. The van der Waals surface area contributed by atoms with Gasteiger partial charge in [0.2, 0.25) is 0 Å². The minimum atomic E-state index is -0.678. The van der Waals surface area contributed by atoms with Crippen molar-refractivity contribution in [3.63, 3.8) is 0 Å². The monoisotopic (exact) mass is 386 g/mol. The van der Waals surface area contributed by atoms with Gasteiger partial charge in [-0.3, -0.25) is 4.79 Å². The lowest BCUT2D eigenvalue weighted by atomic mass is 10.1. The van der Waals surface area contributed by atoms with Crippen LogP contribution in [0.5, 0.6) is 0 Å². The van der Waals surface area contributed by atoms with Crippen molar-refractivity contribution >= 4 is 34.4 Å². The average Bonchev–Trinajstić information content (AvgIpc) is 2.66. The van der Waals surface area contributed by atoms with Gasteiger partial charge in [-0.05, 0) is 18.2 Å². The van der Waals surface area contributed by atoms with E-state index in [4.69, 9.17) is 16.3 Å². The van der Waals surface area contributed by atoms with Crippen molar-refractivity contribution in [1.29, 1.82) is 0 Å². The molecule has 0 saturated carbocycles.